The number of aromatic nitrogens is 3. The number of nitrogens with one attached hydrogen (secondary N) is 2. The van der Waals surface area contributed by atoms with E-state index < -0.39 is 32.3 Å². The Balaban J connectivity index is 1.00. The van der Waals surface area contributed by atoms with E-state index in [1.165, 1.54) is 41.1 Å². The van der Waals surface area contributed by atoms with Crippen LogP contribution in [0.15, 0.2) is 83.5 Å². The molecule has 1 amide bonds. The van der Waals surface area contributed by atoms with Crippen molar-refractivity contribution in [3.8, 4) is 17.4 Å². The summed E-state index contributed by atoms with van der Waals surface area (Å²) in [6, 6.07) is 16.7. The first-order valence-electron chi connectivity index (χ1n) is 20.2. The van der Waals surface area contributed by atoms with Crippen molar-refractivity contribution in [3.63, 3.8) is 0 Å². The highest BCUT2D eigenvalue weighted by molar-refractivity contribution is 7.90. The molecule has 5 aromatic rings. The molecule has 3 aromatic carbocycles. The van der Waals surface area contributed by atoms with E-state index in [0.29, 0.717) is 23.5 Å². The van der Waals surface area contributed by atoms with Crippen LogP contribution >= 0.6 is 23.2 Å². The molecule has 61 heavy (non-hydrogen) atoms. The van der Waals surface area contributed by atoms with Gasteiger partial charge in [-0.3, -0.25) is 14.8 Å². The predicted molar refractivity (Wildman–Crippen MR) is 231 cm³/mol. The highest BCUT2D eigenvalue weighted by Gasteiger charge is 2.34. The van der Waals surface area contributed by atoms with Gasteiger partial charge in [0.05, 0.1) is 23.3 Å². The van der Waals surface area contributed by atoms with Gasteiger partial charge in [-0.15, -0.1) is 0 Å². The number of ether oxygens (including phenoxy) is 3. The van der Waals surface area contributed by atoms with Gasteiger partial charge in [-0.2, -0.15) is 5.10 Å². The highest BCUT2D eigenvalue weighted by Crippen LogP contribution is 2.44. The quantitative estimate of drug-likeness (QED) is 0.125. The summed E-state index contributed by atoms with van der Waals surface area (Å²) in [5, 5.41) is 7.43. The summed E-state index contributed by atoms with van der Waals surface area (Å²) in [7, 11) is -4.53. The molecule has 322 valence electrons. The van der Waals surface area contributed by atoms with Crippen molar-refractivity contribution in [1.82, 2.24) is 24.8 Å². The standard InChI is InChI=1S/C44H46Cl2F2N6O6S/c1-43(2)12-11-29(34(23-43)28-3-5-30(45)6-4-28)26-53-15-17-54(18-16-53)31-7-8-33(39(21-31)60-38-10-9-37(47)40-35(38)25-50-51-40)41(55)52-61(56,57)32-22-36(46)42(49-24-32)59-27-44(48)13-19-58-20-14-44/h3-10,21-22,24-25H,11-20,23,26-27H2,1-2H3,(H,50,51)(H,52,55). The largest absolute Gasteiger partial charge is 0.473 e. The number of hydrogen-bond acceptors (Lipinski definition) is 10. The van der Waals surface area contributed by atoms with Crippen LogP contribution in [-0.2, 0) is 14.8 Å². The van der Waals surface area contributed by atoms with Crippen LogP contribution in [0.25, 0.3) is 16.5 Å². The molecular weight excluding hydrogens is 849 g/mol. The molecule has 12 nitrogen and oxygen atoms in total. The summed E-state index contributed by atoms with van der Waals surface area (Å²) in [5.41, 5.74) is 3.40. The Morgan fingerprint density at radius 2 is 1.72 bits per heavy atom. The Morgan fingerprint density at radius 1 is 0.967 bits per heavy atom. The van der Waals surface area contributed by atoms with Crippen LogP contribution < -0.4 is 19.1 Å². The molecule has 0 saturated carbocycles. The molecule has 0 atom stereocenters. The van der Waals surface area contributed by atoms with Gasteiger partial charge in [0, 0.05) is 75.6 Å². The number of pyridine rings is 1. The number of benzene rings is 3. The normalized spacial score (nSPS) is 18.3. The van der Waals surface area contributed by atoms with Crippen LogP contribution in [-0.4, -0.2) is 92.6 Å². The lowest BCUT2D eigenvalue weighted by atomic mass is 9.72. The van der Waals surface area contributed by atoms with Gasteiger partial charge in [-0.25, -0.2) is 26.9 Å². The zero-order valence-corrected chi connectivity index (χ0v) is 36.1. The number of anilines is 1. The zero-order chi connectivity index (χ0) is 42.9. The molecule has 2 aromatic heterocycles. The van der Waals surface area contributed by atoms with Gasteiger partial charge in [-0.1, -0.05) is 54.8 Å². The average molecular weight is 896 g/mol. The lowest BCUT2D eigenvalue weighted by Gasteiger charge is -2.39. The Kier molecular flexibility index (Phi) is 12.3. The molecule has 0 bridgehead atoms. The van der Waals surface area contributed by atoms with E-state index >= 15 is 4.39 Å². The smallest absolute Gasteiger partial charge is 0.268 e. The minimum Gasteiger partial charge on any atom is -0.473 e. The molecule has 2 N–H and O–H groups in total. The number of alkyl halides is 1. The number of piperazine rings is 1. The number of fused-ring (bicyclic) bond motifs is 1. The number of rotatable bonds is 12. The molecule has 3 aliphatic rings. The van der Waals surface area contributed by atoms with Gasteiger partial charge in [0.2, 0.25) is 5.88 Å². The Bertz CT molecular complexity index is 2570. The van der Waals surface area contributed by atoms with Gasteiger partial charge in [0.1, 0.15) is 45.0 Å². The topological polar surface area (TPSA) is 139 Å². The van der Waals surface area contributed by atoms with Gasteiger partial charge < -0.3 is 19.1 Å². The summed E-state index contributed by atoms with van der Waals surface area (Å²) in [6.07, 6.45) is 5.81. The maximum atomic E-state index is 15.1. The first-order valence-corrected chi connectivity index (χ1v) is 22.4. The maximum Gasteiger partial charge on any atom is 0.268 e. The number of hydrogen-bond donors (Lipinski definition) is 2. The molecule has 0 unspecified atom stereocenters. The minimum absolute atomic E-state index is 0.0393. The lowest BCUT2D eigenvalue weighted by Crippen LogP contribution is -2.47. The van der Waals surface area contributed by atoms with Crippen molar-refractivity contribution < 1.29 is 36.2 Å². The number of amides is 1. The second-order valence-corrected chi connectivity index (χ2v) is 19.2. The molecule has 8 rings (SSSR count). The first kappa shape index (κ1) is 42.9. The van der Waals surface area contributed by atoms with Crippen LogP contribution in [0.1, 0.15) is 61.9 Å². The van der Waals surface area contributed by atoms with E-state index in [0.717, 1.165) is 56.8 Å². The first-order chi connectivity index (χ1) is 29.2. The molecule has 4 heterocycles. The minimum atomic E-state index is -4.53. The van der Waals surface area contributed by atoms with Crippen molar-refractivity contribution in [2.24, 2.45) is 5.41 Å². The van der Waals surface area contributed by atoms with Crippen LogP contribution in [0.4, 0.5) is 14.5 Å². The van der Waals surface area contributed by atoms with Crippen molar-refractivity contribution >= 4 is 61.3 Å². The van der Waals surface area contributed by atoms with Gasteiger partial charge in [0.25, 0.3) is 15.9 Å². The number of carbonyl (C=O) groups is 1. The number of nitrogens with zero attached hydrogens (tertiary/aromatic N) is 4. The summed E-state index contributed by atoms with van der Waals surface area (Å²) < 4.78 is 75.9. The van der Waals surface area contributed by atoms with E-state index in [2.05, 4.69) is 55.7 Å². The van der Waals surface area contributed by atoms with Gasteiger partial charge in [0.15, 0.2) is 0 Å². The van der Waals surface area contributed by atoms with Crippen molar-refractivity contribution in [1.29, 1.82) is 0 Å². The third-order valence-electron chi connectivity index (χ3n) is 11.7. The molecule has 1 aliphatic carbocycles. The van der Waals surface area contributed by atoms with Crippen molar-refractivity contribution in [2.45, 2.75) is 56.5 Å². The van der Waals surface area contributed by atoms with Crippen LogP contribution in [0, 0.1) is 11.2 Å². The monoisotopic (exact) mass is 894 g/mol. The van der Waals surface area contributed by atoms with Crippen LogP contribution in [0.3, 0.4) is 0 Å². The van der Waals surface area contributed by atoms with Crippen molar-refractivity contribution in [3.05, 3.63) is 106 Å². The summed E-state index contributed by atoms with van der Waals surface area (Å²) in [4.78, 5) is 22.1. The van der Waals surface area contributed by atoms with E-state index in [1.54, 1.807) is 12.1 Å². The van der Waals surface area contributed by atoms with Gasteiger partial charge in [-0.05, 0) is 78.3 Å². The Morgan fingerprint density at radius 3 is 2.46 bits per heavy atom. The van der Waals surface area contributed by atoms with E-state index in [1.807, 2.05) is 12.1 Å². The lowest BCUT2D eigenvalue weighted by molar-refractivity contribution is -0.0331. The predicted octanol–water partition coefficient (Wildman–Crippen LogP) is 9.00. The summed E-state index contributed by atoms with van der Waals surface area (Å²) in [5.74, 6) is -1.44. The fourth-order valence-electron chi connectivity index (χ4n) is 8.04. The molecule has 17 heteroatoms. The fourth-order valence-corrected chi connectivity index (χ4v) is 9.39. The molecule has 2 saturated heterocycles. The second kappa shape index (κ2) is 17.5. The molecule has 2 aliphatic heterocycles. The SMILES string of the molecule is CC1(C)CCC(CN2CCN(c3ccc(C(=O)NS(=O)(=O)c4cnc(OCC5(F)CCOCC5)c(Cl)c4)c(Oc4ccc(F)c5[nH]ncc45)c3)CC2)=C(c2ccc(Cl)cc2)C1. The number of sulfonamides is 1. The third-order valence-corrected chi connectivity index (χ3v) is 13.5. The summed E-state index contributed by atoms with van der Waals surface area (Å²) in [6.45, 7) is 8.63. The van der Waals surface area contributed by atoms with Crippen LogP contribution in [0.2, 0.25) is 10.0 Å². The number of aromatic amines is 1. The van der Waals surface area contributed by atoms with E-state index in [9.17, 15) is 17.6 Å². The summed E-state index contributed by atoms with van der Waals surface area (Å²) >= 11 is 12.6. The maximum absolute atomic E-state index is 15.1. The van der Waals surface area contributed by atoms with Gasteiger partial charge >= 0.3 is 0 Å². The number of halogens is 4. The number of carbonyl (C=O) groups excluding carboxylic acids is 1. The van der Waals surface area contributed by atoms with Crippen molar-refractivity contribution in [2.75, 3.05) is 57.4 Å². The molecular formula is C44H46Cl2F2N6O6S. The van der Waals surface area contributed by atoms with E-state index in [4.69, 9.17) is 37.4 Å². The third kappa shape index (κ3) is 9.81. The Hall–Kier alpha value is -4.80. The Labute approximate surface area is 363 Å². The van der Waals surface area contributed by atoms with Crippen LogP contribution in [0.5, 0.6) is 17.4 Å². The molecule has 0 spiro atoms. The van der Waals surface area contributed by atoms with E-state index in [-0.39, 0.29) is 71.6 Å². The second-order valence-electron chi connectivity index (χ2n) is 16.6. The number of allylic oxidation sites excluding steroid dienone is 1. The zero-order valence-electron chi connectivity index (χ0n) is 33.8. The highest BCUT2D eigenvalue weighted by atomic mass is 35.5. The average Bonchev–Trinajstić information content (AvgIpc) is 3.74. The fraction of sp³-hybridized carbons (Fsp3) is 0.386. The molecule has 2 fully saturated rings. The number of H-pyrrole nitrogens is 1. The molecule has 0 radical (unpaired) electrons.